The molecular weight excluding hydrogens is 194 g/mol. The van der Waals surface area contributed by atoms with Gasteiger partial charge in [0.15, 0.2) is 0 Å². The topological polar surface area (TPSA) is 12.0 Å². The lowest BCUT2D eigenvalue weighted by atomic mass is 10.0. The molecule has 0 heterocycles. The average molecular weight is 217 g/mol. The lowest BCUT2D eigenvalue weighted by Crippen LogP contribution is -2.32. The molecule has 0 amide bonds. The molecule has 2 atom stereocenters. The molecule has 16 heavy (non-hydrogen) atoms. The molecular formula is C15H23N. The highest BCUT2D eigenvalue weighted by atomic mass is 15.0. The molecule has 1 aliphatic carbocycles. The first-order valence-corrected chi connectivity index (χ1v) is 6.53. The van der Waals surface area contributed by atoms with Gasteiger partial charge in [-0.05, 0) is 44.6 Å². The van der Waals surface area contributed by atoms with Crippen molar-refractivity contribution in [2.75, 3.05) is 0 Å². The van der Waals surface area contributed by atoms with E-state index in [1.807, 2.05) is 0 Å². The van der Waals surface area contributed by atoms with Crippen LogP contribution in [0.1, 0.15) is 50.3 Å². The maximum absolute atomic E-state index is 3.77. The van der Waals surface area contributed by atoms with Crippen molar-refractivity contribution in [2.24, 2.45) is 5.92 Å². The highest BCUT2D eigenvalue weighted by Crippen LogP contribution is 2.35. The number of aryl methyl sites for hydroxylation is 1. The summed E-state index contributed by atoms with van der Waals surface area (Å²) in [6.07, 6.45) is 4.10. The Kier molecular flexibility index (Phi) is 3.65. The molecule has 1 aliphatic rings. The van der Waals surface area contributed by atoms with Crippen LogP contribution in [0.25, 0.3) is 0 Å². The van der Waals surface area contributed by atoms with E-state index in [9.17, 15) is 0 Å². The fourth-order valence-corrected chi connectivity index (χ4v) is 2.44. The van der Waals surface area contributed by atoms with E-state index in [1.165, 1.54) is 30.4 Å². The Bertz CT molecular complexity index is 341. The summed E-state index contributed by atoms with van der Waals surface area (Å²) < 4.78 is 0. The van der Waals surface area contributed by atoms with Gasteiger partial charge in [-0.15, -0.1) is 0 Å². The van der Waals surface area contributed by atoms with Crippen LogP contribution in [0.5, 0.6) is 0 Å². The van der Waals surface area contributed by atoms with Crippen molar-refractivity contribution in [3.05, 3.63) is 35.4 Å². The van der Waals surface area contributed by atoms with Gasteiger partial charge >= 0.3 is 0 Å². The Morgan fingerprint density at radius 1 is 1.38 bits per heavy atom. The van der Waals surface area contributed by atoms with Crippen LogP contribution >= 0.6 is 0 Å². The average Bonchev–Trinajstić information content (AvgIpc) is 3.09. The van der Waals surface area contributed by atoms with Gasteiger partial charge in [-0.2, -0.15) is 0 Å². The molecule has 88 valence electrons. The molecule has 0 radical (unpaired) electrons. The van der Waals surface area contributed by atoms with Crippen molar-refractivity contribution < 1.29 is 0 Å². The number of hydrogen-bond acceptors (Lipinski definition) is 1. The van der Waals surface area contributed by atoms with Crippen molar-refractivity contribution >= 4 is 0 Å². The second-order valence-corrected chi connectivity index (χ2v) is 5.15. The second kappa shape index (κ2) is 5.01. The molecule has 0 aromatic heterocycles. The number of benzene rings is 1. The van der Waals surface area contributed by atoms with Crippen LogP contribution in [0.3, 0.4) is 0 Å². The predicted octanol–water partition coefficient (Wildman–Crippen LogP) is 3.83. The van der Waals surface area contributed by atoms with Gasteiger partial charge in [0.2, 0.25) is 0 Å². The Labute approximate surface area is 99.3 Å². The van der Waals surface area contributed by atoms with E-state index in [0.29, 0.717) is 6.04 Å². The van der Waals surface area contributed by atoms with Gasteiger partial charge in [-0.3, -0.25) is 0 Å². The predicted molar refractivity (Wildman–Crippen MR) is 69.5 cm³/mol. The van der Waals surface area contributed by atoms with Crippen molar-refractivity contribution in [1.82, 2.24) is 5.32 Å². The van der Waals surface area contributed by atoms with E-state index >= 15 is 0 Å². The molecule has 1 heteroatoms. The largest absolute Gasteiger partial charge is 0.307 e. The lowest BCUT2D eigenvalue weighted by Gasteiger charge is -2.22. The van der Waals surface area contributed by atoms with Gasteiger partial charge in [0.1, 0.15) is 0 Å². The number of hydrogen-bond donors (Lipinski definition) is 1. The summed E-state index contributed by atoms with van der Waals surface area (Å²) in [5.41, 5.74) is 2.77. The third-order valence-electron chi connectivity index (χ3n) is 3.64. The molecule has 1 aromatic rings. The van der Waals surface area contributed by atoms with Gasteiger partial charge < -0.3 is 5.32 Å². The quantitative estimate of drug-likeness (QED) is 0.790. The van der Waals surface area contributed by atoms with E-state index in [4.69, 9.17) is 0 Å². The molecule has 1 N–H and O–H groups in total. The summed E-state index contributed by atoms with van der Waals surface area (Å²) in [6, 6.07) is 10.0. The summed E-state index contributed by atoms with van der Waals surface area (Å²) in [6.45, 7) is 6.73. The van der Waals surface area contributed by atoms with Crippen molar-refractivity contribution in [3.8, 4) is 0 Å². The molecule has 1 fully saturated rings. The Hall–Kier alpha value is -0.820. The van der Waals surface area contributed by atoms with Gasteiger partial charge in [0.25, 0.3) is 0 Å². The van der Waals surface area contributed by atoms with Crippen molar-refractivity contribution in [3.63, 3.8) is 0 Å². The molecule has 1 saturated carbocycles. The molecule has 1 nitrogen and oxygen atoms in total. The normalized spacial score (nSPS) is 19.4. The fraction of sp³-hybridized carbons (Fsp3) is 0.600. The maximum Gasteiger partial charge on any atom is 0.0294 e. The van der Waals surface area contributed by atoms with Crippen LogP contribution in [-0.2, 0) is 0 Å². The van der Waals surface area contributed by atoms with Gasteiger partial charge in [0.05, 0.1) is 0 Å². The van der Waals surface area contributed by atoms with Crippen LogP contribution in [0.2, 0.25) is 0 Å². The standard InChI is InChI=1S/C15H23N/c1-4-15(13-8-9-13)16-12(3)14-7-5-6-11(2)10-14/h5-7,10,12-13,15-16H,4,8-9H2,1-3H3/t12-,15?/m1/s1. The summed E-state index contributed by atoms with van der Waals surface area (Å²) in [7, 11) is 0. The molecule has 0 saturated heterocycles. The summed E-state index contributed by atoms with van der Waals surface area (Å²) in [5, 5.41) is 3.77. The minimum atomic E-state index is 0.477. The second-order valence-electron chi connectivity index (χ2n) is 5.15. The molecule has 0 aliphatic heterocycles. The number of rotatable bonds is 5. The zero-order valence-electron chi connectivity index (χ0n) is 10.7. The highest BCUT2D eigenvalue weighted by Gasteiger charge is 2.30. The third kappa shape index (κ3) is 2.85. The first-order valence-electron chi connectivity index (χ1n) is 6.53. The summed E-state index contributed by atoms with van der Waals surface area (Å²) >= 11 is 0. The van der Waals surface area contributed by atoms with Crippen LogP contribution in [0, 0.1) is 12.8 Å². The Morgan fingerprint density at radius 3 is 2.69 bits per heavy atom. The van der Waals surface area contributed by atoms with Gasteiger partial charge in [0, 0.05) is 12.1 Å². The van der Waals surface area contributed by atoms with Crippen molar-refractivity contribution in [2.45, 2.75) is 52.1 Å². The minimum absolute atomic E-state index is 0.477. The van der Waals surface area contributed by atoms with E-state index in [2.05, 4.69) is 50.4 Å². The van der Waals surface area contributed by atoms with Gasteiger partial charge in [-0.1, -0.05) is 36.8 Å². The first-order chi connectivity index (χ1) is 7.70. The zero-order chi connectivity index (χ0) is 11.5. The van der Waals surface area contributed by atoms with E-state index < -0.39 is 0 Å². The molecule has 1 aromatic carbocycles. The lowest BCUT2D eigenvalue weighted by molar-refractivity contribution is 0.405. The van der Waals surface area contributed by atoms with Crippen LogP contribution in [-0.4, -0.2) is 6.04 Å². The van der Waals surface area contributed by atoms with Gasteiger partial charge in [-0.25, -0.2) is 0 Å². The Balaban J connectivity index is 1.98. The first kappa shape index (κ1) is 11.7. The maximum atomic E-state index is 3.77. The summed E-state index contributed by atoms with van der Waals surface area (Å²) in [4.78, 5) is 0. The third-order valence-corrected chi connectivity index (χ3v) is 3.64. The monoisotopic (exact) mass is 217 g/mol. The SMILES string of the molecule is CCC(N[C@H](C)c1cccc(C)c1)C1CC1. The molecule has 2 rings (SSSR count). The highest BCUT2D eigenvalue weighted by molar-refractivity contribution is 5.24. The molecule has 1 unspecified atom stereocenters. The fourth-order valence-electron chi connectivity index (χ4n) is 2.44. The van der Waals surface area contributed by atoms with E-state index in [-0.39, 0.29) is 0 Å². The Morgan fingerprint density at radius 2 is 2.12 bits per heavy atom. The van der Waals surface area contributed by atoms with Crippen LogP contribution in [0.4, 0.5) is 0 Å². The summed E-state index contributed by atoms with van der Waals surface area (Å²) in [5.74, 6) is 0.942. The number of nitrogens with one attached hydrogen (secondary N) is 1. The molecule has 0 bridgehead atoms. The van der Waals surface area contributed by atoms with Crippen LogP contribution < -0.4 is 5.32 Å². The van der Waals surface area contributed by atoms with E-state index in [1.54, 1.807) is 0 Å². The minimum Gasteiger partial charge on any atom is -0.307 e. The van der Waals surface area contributed by atoms with Crippen LogP contribution in [0.15, 0.2) is 24.3 Å². The zero-order valence-corrected chi connectivity index (χ0v) is 10.7. The smallest absolute Gasteiger partial charge is 0.0294 e. The van der Waals surface area contributed by atoms with E-state index in [0.717, 1.165) is 12.0 Å². The van der Waals surface area contributed by atoms with Crippen molar-refractivity contribution in [1.29, 1.82) is 0 Å². The molecule has 0 spiro atoms.